The summed E-state index contributed by atoms with van der Waals surface area (Å²) in [5, 5.41) is 2.86. The number of hydrogen-bond acceptors (Lipinski definition) is 1. The molecule has 0 amide bonds. The summed E-state index contributed by atoms with van der Waals surface area (Å²) in [5.74, 6) is 2.55. The van der Waals surface area contributed by atoms with Crippen molar-refractivity contribution in [3.8, 4) is 0 Å². The maximum absolute atomic E-state index is 7.06. The second-order valence-corrected chi connectivity index (χ2v) is 14.5. The summed E-state index contributed by atoms with van der Waals surface area (Å²) in [6.07, 6.45) is 2.71. The lowest BCUT2D eigenvalue weighted by Gasteiger charge is -2.43. The molecule has 4 atom stereocenters. The molecular formula is C23H29BrOSi. The van der Waals surface area contributed by atoms with Crippen molar-refractivity contribution in [2.45, 2.75) is 43.5 Å². The smallest absolute Gasteiger partial charge is 0.261 e. The van der Waals surface area contributed by atoms with Gasteiger partial charge in [0.2, 0.25) is 0 Å². The van der Waals surface area contributed by atoms with E-state index in [1.54, 1.807) is 0 Å². The molecule has 4 rings (SSSR count). The number of halogens is 1. The Morgan fingerprint density at radius 3 is 1.81 bits per heavy atom. The molecule has 26 heavy (non-hydrogen) atoms. The molecule has 0 bridgehead atoms. The predicted molar refractivity (Wildman–Crippen MR) is 116 cm³/mol. The Morgan fingerprint density at radius 2 is 1.38 bits per heavy atom. The molecule has 0 radical (unpaired) electrons. The molecule has 2 aromatic carbocycles. The Balaban J connectivity index is 1.66. The third-order valence-corrected chi connectivity index (χ3v) is 12.3. The number of alkyl halides is 1. The minimum atomic E-state index is -2.34. The second kappa shape index (κ2) is 6.92. The van der Waals surface area contributed by atoms with Gasteiger partial charge < -0.3 is 4.43 Å². The first-order chi connectivity index (χ1) is 12.4. The van der Waals surface area contributed by atoms with Crippen LogP contribution in [-0.2, 0) is 4.43 Å². The van der Waals surface area contributed by atoms with Crippen molar-refractivity contribution in [1.82, 2.24) is 0 Å². The highest BCUT2D eigenvalue weighted by Gasteiger charge is 2.55. The van der Waals surface area contributed by atoms with Gasteiger partial charge in [-0.05, 0) is 46.0 Å². The van der Waals surface area contributed by atoms with Crippen LogP contribution in [0.1, 0.15) is 33.6 Å². The first-order valence-electron chi connectivity index (χ1n) is 9.82. The second-order valence-electron chi connectivity index (χ2n) is 9.05. The van der Waals surface area contributed by atoms with Gasteiger partial charge in [0.1, 0.15) is 0 Å². The van der Waals surface area contributed by atoms with E-state index in [1.807, 2.05) is 0 Å². The molecule has 0 N–H and O–H groups in total. The lowest BCUT2D eigenvalue weighted by atomic mass is 10.2. The fourth-order valence-electron chi connectivity index (χ4n) is 4.61. The van der Waals surface area contributed by atoms with Crippen molar-refractivity contribution >= 4 is 34.6 Å². The van der Waals surface area contributed by atoms with Gasteiger partial charge in [0.15, 0.2) is 0 Å². The quantitative estimate of drug-likeness (QED) is 0.465. The molecule has 0 spiro atoms. The van der Waals surface area contributed by atoms with Gasteiger partial charge >= 0.3 is 0 Å². The highest BCUT2D eigenvalue weighted by Crippen LogP contribution is 2.57. The fourth-order valence-corrected chi connectivity index (χ4v) is 10.0. The third-order valence-electron chi connectivity index (χ3n) is 6.22. The Morgan fingerprint density at radius 1 is 0.885 bits per heavy atom. The maximum atomic E-state index is 7.06. The molecule has 2 fully saturated rings. The van der Waals surface area contributed by atoms with Crippen molar-refractivity contribution in [1.29, 1.82) is 0 Å². The minimum Gasteiger partial charge on any atom is -0.407 e. The molecule has 2 aliphatic carbocycles. The van der Waals surface area contributed by atoms with Gasteiger partial charge in [-0.15, -0.1) is 0 Å². The molecule has 0 unspecified atom stereocenters. The summed E-state index contributed by atoms with van der Waals surface area (Å²) in [5.41, 5.74) is 0. The van der Waals surface area contributed by atoms with Crippen LogP contribution in [0.2, 0.25) is 5.04 Å². The maximum Gasteiger partial charge on any atom is 0.261 e. The summed E-state index contributed by atoms with van der Waals surface area (Å²) in [6.45, 7) is 7.99. The minimum absolute atomic E-state index is 0.0810. The van der Waals surface area contributed by atoms with Crippen LogP contribution in [0, 0.1) is 17.8 Å². The van der Waals surface area contributed by atoms with E-state index in [9.17, 15) is 0 Å². The van der Waals surface area contributed by atoms with Crippen molar-refractivity contribution in [3.05, 3.63) is 60.7 Å². The summed E-state index contributed by atoms with van der Waals surface area (Å²) < 4.78 is 7.06. The number of hydrogen-bond donors (Lipinski definition) is 0. The summed E-state index contributed by atoms with van der Waals surface area (Å²) in [4.78, 5) is 0.769. The van der Waals surface area contributed by atoms with E-state index in [0.717, 1.165) is 29.2 Å². The van der Waals surface area contributed by atoms with E-state index in [0.29, 0.717) is 0 Å². The van der Waals surface area contributed by atoms with Crippen molar-refractivity contribution in [2.75, 3.05) is 6.61 Å². The monoisotopic (exact) mass is 428 g/mol. The Labute approximate surface area is 167 Å². The van der Waals surface area contributed by atoms with Gasteiger partial charge in [-0.1, -0.05) is 97.4 Å². The lowest BCUT2D eigenvalue weighted by molar-refractivity contribution is 0.271. The van der Waals surface area contributed by atoms with Gasteiger partial charge in [-0.2, -0.15) is 0 Å². The molecule has 2 saturated carbocycles. The van der Waals surface area contributed by atoms with Crippen LogP contribution in [0.25, 0.3) is 0 Å². The molecule has 2 aliphatic rings. The number of benzene rings is 2. The van der Waals surface area contributed by atoms with E-state index in [2.05, 4.69) is 97.4 Å². The summed E-state index contributed by atoms with van der Waals surface area (Å²) >= 11 is 3.78. The predicted octanol–water partition coefficient (Wildman–Crippen LogP) is 4.98. The molecule has 1 nitrogen and oxygen atoms in total. The van der Waals surface area contributed by atoms with Gasteiger partial charge in [0.25, 0.3) is 8.32 Å². The molecular weight excluding hydrogens is 400 g/mol. The zero-order chi connectivity index (χ0) is 18.4. The lowest BCUT2D eigenvalue weighted by Crippen LogP contribution is -2.66. The highest BCUT2D eigenvalue weighted by molar-refractivity contribution is 9.09. The van der Waals surface area contributed by atoms with E-state index in [4.69, 9.17) is 4.43 Å². The van der Waals surface area contributed by atoms with E-state index in [-0.39, 0.29) is 5.04 Å². The van der Waals surface area contributed by atoms with E-state index >= 15 is 0 Å². The van der Waals surface area contributed by atoms with Crippen LogP contribution in [0.5, 0.6) is 0 Å². The van der Waals surface area contributed by atoms with Crippen LogP contribution in [0.15, 0.2) is 60.7 Å². The van der Waals surface area contributed by atoms with E-state index < -0.39 is 8.32 Å². The molecule has 0 aliphatic heterocycles. The fraction of sp³-hybridized carbons (Fsp3) is 0.478. The van der Waals surface area contributed by atoms with Crippen LogP contribution >= 0.6 is 15.9 Å². The van der Waals surface area contributed by atoms with Gasteiger partial charge in [-0.25, -0.2) is 0 Å². The summed E-state index contributed by atoms with van der Waals surface area (Å²) in [6, 6.07) is 22.0. The van der Waals surface area contributed by atoms with Crippen LogP contribution in [-0.4, -0.2) is 19.8 Å². The van der Waals surface area contributed by atoms with Crippen LogP contribution in [0.3, 0.4) is 0 Å². The Bertz CT molecular complexity index is 700. The normalized spacial score (nSPS) is 28.0. The van der Waals surface area contributed by atoms with Crippen molar-refractivity contribution < 1.29 is 4.43 Å². The van der Waals surface area contributed by atoms with Gasteiger partial charge in [-0.3, -0.25) is 0 Å². The van der Waals surface area contributed by atoms with Crippen LogP contribution in [0.4, 0.5) is 0 Å². The number of rotatable bonds is 6. The molecule has 0 saturated heterocycles. The highest BCUT2D eigenvalue weighted by atomic mass is 79.9. The Kier molecular flexibility index (Phi) is 4.91. The average molecular weight is 429 g/mol. The van der Waals surface area contributed by atoms with Crippen molar-refractivity contribution in [2.24, 2.45) is 17.8 Å². The van der Waals surface area contributed by atoms with Gasteiger partial charge in [0.05, 0.1) is 0 Å². The first kappa shape index (κ1) is 18.5. The SMILES string of the molecule is CC(C)(C)[Si](OC[C@@H]1C[C@H]1[C@@H]1C[C@H]1Br)(c1ccccc1)c1ccccc1. The molecule has 138 valence electrons. The van der Waals surface area contributed by atoms with Crippen LogP contribution < -0.4 is 10.4 Å². The molecule has 3 heteroatoms. The molecule has 0 heterocycles. The zero-order valence-corrected chi connectivity index (χ0v) is 18.6. The molecule has 2 aromatic rings. The third kappa shape index (κ3) is 3.34. The average Bonchev–Trinajstić information content (AvgIpc) is 3.53. The standard InChI is InChI=1S/C23H29BrOSi/c1-23(2,3)26(18-10-6-4-7-11-18,19-12-8-5-9-13-19)25-16-17-14-20(17)21-15-22(21)24/h4-13,17,20-22H,14-16H2,1-3H3/t17-,20+,21-,22+/m0/s1. The molecule has 0 aromatic heterocycles. The van der Waals surface area contributed by atoms with Crippen molar-refractivity contribution in [3.63, 3.8) is 0 Å². The largest absolute Gasteiger partial charge is 0.407 e. The summed E-state index contributed by atoms with van der Waals surface area (Å²) in [7, 11) is -2.34. The topological polar surface area (TPSA) is 9.23 Å². The van der Waals surface area contributed by atoms with E-state index in [1.165, 1.54) is 23.2 Å². The first-order valence-corrected chi connectivity index (χ1v) is 12.6. The Hall–Kier alpha value is -0.903. The zero-order valence-electron chi connectivity index (χ0n) is 16.0. The van der Waals surface area contributed by atoms with Gasteiger partial charge in [0, 0.05) is 11.4 Å².